The van der Waals surface area contributed by atoms with Crippen molar-refractivity contribution in [3.63, 3.8) is 0 Å². The molecule has 0 bridgehead atoms. The molecule has 14 heavy (non-hydrogen) atoms. The molecule has 0 radical (unpaired) electrons. The van der Waals surface area contributed by atoms with Gasteiger partial charge in [-0.25, -0.2) is 0 Å². The predicted molar refractivity (Wildman–Crippen MR) is 63.7 cm³/mol. The summed E-state index contributed by atoms with van der Waals surface area (Å²) in [6, 6.07) is 6.39. The van der Waals surface area contributed by atoms with Crippen molar-refractivity contribution in [3.8, 4) is 0 Å². The largest absolute Gasteiger partial charge is 0.308 e. The zero-order chi connectivity index (χ0) is 10.2. The Labute approximate surface area is 90.5 Å². The molecule has 0 saturated carbocycles. The van der Waals surface area contributed by atoms with E-state index >= 15 is 0 Å². The molecule has 0 unspecified atom stereocenters. The summed E-state index contributed by atoms with van der Waals surface area (Å²) in [6.07, 6.45) is 1.84. The van der Waals surface area contributed by atoms with Crippen molar-refractivity contribution in [2.45, 2.75) is 19.9 Å². The van der Waals surface area contributed by atoms with E-state index in [1.165, 1.54) is 11.5 Å². The third-order valence-corrected chi connectivity index (χ3v) is 2.93. The highest BCUT2D eigenvalue weighted by Crippen LogP contribution is 2.07. The normalized spacial score (nSPS) is 12.7. The lowest BCUT2D eigenvalue weighted by atomic mass is 10.2. The van der Waals surface area contributed by atoms with E-state index in [0.29, 0.717) is 6.04 Å². The van der Waals surface area contributed by atoms with Crippen LogP contribution in [0.4, 0.5) is 0 Å². The van der Waals surface area contributed by atoms with Gasteiger partial charge in [-0.2, -0.15) is 11.8 Å². The van der Waals surface area contributed by atoms with Crippen LogP contribution in [-0.4, -0.2) is 23.0 Å². The second kappa shape index (κ2) is 6.85. The first-order chi connectivity index (χ1) is 6.84. The Bertz CT molecular complexity index is 238. The molecule has 0 amide bonds. The average Bonchev–Trinajstić information content (AvgIpc) is 2.25. The van der Waals surface area contributed by atoms with E-state index in [2.05, 4.69) is 30.2 Å². The van der Waals surface area contributed by atoms with E-state index in [-0.39, 0.29) is 0 Å². The molecule has 0 fully saturated rings. The standard InChI is InChI=1S/C11H18N2S/c1-3-14-9-8-12-10(2)11-6-4-5-7-13-11/h4-7,10,12H,3,8-9H2,1-2H3/t10-/m0/s1. The van der Waals surface area contributed by atoms with Gasteiger partial charge in [0, 0.05) is 24.5 Å². The Balaban J connectivity index is 2.25. The van der Waals surface area contributed by atoms with Crippen molar-refractivity contribution in [1.82, 2.24) is 10.3 Å². The number of thioether (sulfide) groups is 1. The topological polar surface area (TPSA) is 24.9 Å². The highest BCUT2D eigenvalue weighted by molar-refractivity contribution is 7.99. The predicted octanol–water partition coefficient (Wildman–Crippen LogP) is 2.49. The van der Waals surface area contributed by atoms with Crippen molar-refractivity contribution >= 4 is 11.8 Å². The van der Waals surface area contributed by atoms with Crippen molar-refractivity contribution in [1.29, 1.82) is 0 Å². The molecule has 0 aliphatic carbocycles. The SMILES string of the molecule is CCSCCN[C@@H](C)c1ccccn1. The van der Waals surface area contributed by atoms with Gasteiger partial charge in [0.05, 0.1) is 5.69 Å². The molecular formula is C11H18N2S. The van der Waals surface area contributed by atoms with Crippen LogP contribution in [0.25, 0.3) is 0 Å². The number of hydrogen-bond donors (Lipinski definition) is 1. The second-order valence-corrected chi connectivity index (χ2v) is 4.52. The van der Waals surface area contributed by atoms with Gasteiger partial charge in [-0.3, -0.25) is 4.98 Å². The smallest absolute Gasteiger partial charge is 0.0570 e. The highest BCUT2D eigenvalue weighted by atomic mass is 32.2. The van der Waals surface area contributed by atoms with Gasteiger partial charge in [-0.15, -0.1) is 0 Å². The minimum atomic E-state index is 0.355. The summed E-state index contributed by atoms with van der Waals surface area (Å²) in [7, 11) is 0. The van der Waals surface area contributed by atoms with Crippen LogP contribution in [0.15, 0.2) is 24.4 Å². The quantitative estimate of drug-likeness (QED) is 0.730. The summed E-state index contributed by atoms with van der Waals surface area (Å²) in [5.74, 6) is 2.37. The fraction of sp³-hybridized carbons (Fsp3) is 0.545. The first-order valence-corrected chi connectivity index (χ1v) is 6.22. The van der Waals surface area contributed by atoms with Crippen molar-refractivity contribution < 1.29 is 0 Å². The molecule has 1 N–H and O–H groups in total. The lowest BCUT2D eigenvalue weighted by Crippen LogP contribution is -2.22. The Hall–Kier alpha value is -0.540. The molecule has 1 atom stereocenters. The summed E-state index contributed by atoms with van der Waals surface area (Å²) in [4.78, 5) is 4.31. The molecule has 0 aliphatic rings. The monoisotopic (exact) mass is 210 g/mol. The van der Waals surface area contributed by atoms with E-state index in [4.69, 9.17) is 0 Å². The molecule has 0 spiro atoms. The molecule has 1 rings (SSSR count). The summed E-state index contributed by atoms with van der Waals surface area (Å²) < 4.78 is 0. The van der Waals surface area contributed by atoms with Gasteiger partial charge >= 0.3 is 0 Å². The molecule has 0 aromatic carbocycles. The van der Waals surface area contributed by atoms with E-state index in [0.717, 1.165) is 12.2 Å². The van der Waals surface area contributed by atoms with Gasteiger partial charge in [0.2, 0.25) is 0 Å². The molecule has 0 aliphatic heterocycles. The molecule has 78 valence electrons. The van der Waals surface area contributed by atoms with Crippen LogP contribution in [0.5, 0.6) is 0 Å². The number of nitrogens with one attached hydrogen (secondary N) is 1. The lowest BCUT2D eigenvalue weighted by molar-refractivity contribution is 0.586. The zero-order valence-corrected chi connectivity index (χ0v) is 9.68. The Morgan fingerprint density at radius 3 is 3.00 bits per heavy atom. The number of pyridine rings is 1. The molecule has 3 heteroatoms. The van der Waals surface area contributed by atoms with Crippen LogP contribution < -0.4 is 5.32 Å². The van der Waals surface area contributed by atoms with E-state index in [1.54, 1.807) is 0 Å². The molecule has 2 nitrogen and oxygen atoms in total. The second-order valence-electron chi connectivity index (χ2n) is 3.13. The molecule has 1 aromatic rings. The van der Waals surface area contributed by atoms with Crippen LogP contribution in [0, 0.1) is 0 Å². The first-order valence-electron chi connectivity index (χ1n) is 5.06. The molecule has 0 saturated heterocycles. The van der Waals surface area contributed by atoms with Gasteiger partial charge in [0.25, 0.3) is 0 Å². The van der Waals surface area contributed by atoms with Gasteiger partial charge in [-0.05, 0) is 24.8 Å². The van der Waals surface area contributed by atoms with Crippen LogP contribution in [-0.2, 0) is 0 Å². The fourth-order valence-electron chi connectivity index (χ4n) is 1.23. The van der Waals surface area contributed by atoms with Crippen LogP contribution in [0.1, 0.15) is 25.6 Å². The van der Waals surface area contributed by atoms with Crippen molar-refractivity contribution in [2.24, 2.45) is 0 Å². The van der Waals surface area contributed by atoms with Crippen molar-refractivity contribution in [3.05, 3.63) is 30.1 Å². The maximum atomic E-state index is 4.31. The maximum absolute atomic E-state index is 4.31. The minimum Gasteiger partial charge on any atom is -0.308 e. The van der Waals surface area contributed by atoms with Crippen molar-refractivity contribution in [2.75, 3.05) is 18.1 Å². The third-order valence-electron chi connectivity index (χ3n) is 2.03. The highest BCUT2D eigenvalue weighted by Gasteiger charge is 2.03. The van der Waals surface area contributed by atoms with E-state index in [9.17, 15) is 0 Å². The molecular weight excluding hydrogens is 192 g/mol. The molecule has 1 heterocycles. The summed E-state index contributed by atoms with van der Waals surface area (Å²) in [5, 5.41) is 3.45. The van der Waals surface area contributed by atoms with E-state index in [1.807, 2.05) is 30.1 Å². The Kier molecular flexibility index (Phi) is 5.64. The van der Waals surface area contributed by atoms with Gasteiger partial charge in [0.1, 0.15) is 0 Å². The first kappa shape index (κ1) is 11.5. The van der Waals surface area contributed by atoms with Crippen LogP contribution in [0.3, 0.4) is 0 Å². The Morgan fingerprint density at radius 1 is 1.50 bits per heavy atom. The number of rotatable bonds is 6. The van der Waals surface area contributed by atoms with Gasteiger partial charge < -0.3 is 5.32 Å². The van der Waals surface area contributed by atoms with Crippen LogP contribution >= 0.6 is 11.8 Å². The Morgan fingerprint density at radius 2 is 2.36 bits per heavy atom. The van der Waals surface area contributed by atoms with Gasteiger partial charge in [-0.1, -0.05) is 13.0 Å². The van der Waals surface area contributed by atoms with Crippen LogP contribution in [0.2, 0.25) is 0 Å². The van der Waals surface area contributed by atoms with Gasteiger partial charge in [0.15, 0.2) is 0 Å². The average molecular weight is 210 g/mol. The minimum absolute atomic E-state index is 0.355. The molecule has 1 aromatic heterocycles. The third kappa shape index (κ3) is 4.11. The van der Waals surface area contributed by atoms with E-state index < -0.39 is 0 Å². The fourth-order valence-corrected chi connectivity index (χ4v) is 1.78. The number of aromatic nitrogens is 1. The summed E-state index contributed by atoms with van der Waals surface area (Å²) in [6.45, 7) is 5.39. The summed E-state index contributed by atoms with van der Waals surface area (Å²) in [5.41, 5.74) is 1.12. The maximum Gasteiger partial charge on any atom is 0.0570 e. The number of hydrogen-bond acceptors (Lipinski definition) is 3. The lowest BCUT2D eigenvalue weighted by Gasteiger charge is -2.12. The summed E-state index contributed by atoms with van der Waals surface area (Å²) >= 11 is 1.96. The number of nitrogens with zero attached hydrogens (tertiary/aromatic N) is 1. The zero-order valence-electron chi connectivity index (χ0n) is 8.86.